The number of hydrogen-bond donors (Lipinski definition) is 1. The van der Waals surface area contributed by atoms with E-state index in [2.05, 4.69) is 4.98 Å². The number of aromatic nitrogens is 1. The first-order chi connectivity index (χ1) is 11.4. The molecule has 6 heteroatoms. The molecular formula is C18H21ClFN3O. The van der Waals surface area contributed by atoms with E-state index in [1.165, 1.54) is 12.1 Å². The summed E-state index contributed by atoms with van der Waals surface area (Å²) in [6.45, 7) is 6.49. The van der Waals surface area contributed by atoms with Crippen molar-refractivity contribution in [3.8, 4) is 11.3 Å². The van der Waals surface area contributed by atoms with Crippen LogP contribution in [0.2, 0.25) is 5.02 Å². The van der Waals surface area contributed by atoms with Crippen LogP contribution in [0.15, 0.2) is 30.3 Å². The topological polar surface area (TPSA) is 59.2 Å². The van der Waals surface area contributed by atoms with Crippen LogP contribution in [0.25, 0.3) is 11.3 Å². The van der Waals surface area contributed by atoms with Gasteiger partial charge in [-0.2, -0.15) is 0 Å². The van der Waals surface area contributed by atoms with Crippen molar-refractivity contribution in [1.29, 1.82) is 0 Å². The number of nitrogens with zero attached hydrogens (tertiary/aromatic N) is 2. The molecule has 0 saturated carbocycles. The van der Waals surface area contributed by atoms with Gasteiger partial charge in [0.2, 0.25) is 0 Å². The number of rotatable bonds is 5. The molecule has 0 radical (unpaired) electrons. The van der Waals surface area contributed by atoms with Gasteiger partial charge in [0, 0.05) is 29.7 Å². The molecule has 1 aromatic carbocycles. The summed E-state index contributed by atoms with van der Waals surface area (Å²) in [4.78, 5) is 19.0. The second-order valence-electron chi connectivity index (χ2n) is 5.74. The molecule has 2 N–H and O–H groups in total. The fraction of sp³-hybridized carbons (Fsp3) is 0.333. The Morgan fingerprint density at radius 1 is 1.33 bits per heavy atom. The molecule has 0 aliphatic rings. The first-order valence-corrected chi connectivity index (χ1v) is 8.22. The lowest BCUT2D eigenvalue weighted by Gasteiger charge is -2.26. The van der Waals surface area contributed by atoms with E-state index in [0.717, 1.165) is 0 Å². The zero-order valence-electron chi connectivity index (χ0n) is 14.0. The quantitative estimate of drug-likeness (QED) is 0.891. The maximum atomic E-state index is 13.8. The summed E-state index contributed by atoms with van der Waals surface area (Å²) in [5, 5.41) is 0.472. The molecule has 1 aromatic heterocycles. The highest BCUT2D eigenvalue weighted by molar-refractivity contribution is 6.30. The molecule has 2 rings (SSSR count). The van der Waals surface area contributed by atoms with Gasteiger partial charge < -0.3 is 10.6 Å². The Labute approximate surface area is 146 Å². The maximum Gasteiger partial charge on any atom is 0.254 e. The molecule has 0 spiro atoms. The van der Waals surface area contributed by atoms with Gasteiger partial charge in [-0.25, -0.2) is 4.39 Å². The summed E-state index contributed by atoms with van der Waals surface area (Å²) in [5.74, 6) is -0.707. The maximum absolute atomic E-state index is 13.8. The molecule has 1 heterocycles. The van der Waals surface area contributed by atoms with Crippen LogP contribution in [0.1, 0.15) is 36.8 Å². The van der Waals surface area contributed by atoms with Gasteiger partial charge in [-0.3, -0.25) is 9.78 Å². The zero-order valence-corrected chi connectivity index (χ0v) is 14.8. The summed E-state index contributed by atoms with van der Waals surface area (Å²) >= 11 is 6.12. The highest BCUT2D eigenvalue weighted by Gasteiger charge is 2.22. The van der Waals surface area contributed by atoms with Gasteiger partial charge in [0.15, 0.2) is 0 Å². The van der Waals surface area contributed by atoms with Crippen molar-refractivity contribution < 1.29 is 9.18 Å². The third-order valence-electron chi connectivity index (χ3n) is 3.77. The van der Waals surface area contributed by atoms with Crippen molar-refractivity contribution in [2.75, 3.05) is 6.54 Å². The van der Waals surface area contributed by atoms with Gasteiger partial charge in [0.1, 0.15) is 5.82 Å². The van der Waals surface area contributed by atoms with Crippen LogP contribution in [-0.2, 0) is 6.54 Å². The average molecular weight is 350 g/mol. The fourth-order valence-electron chi connectivity index (χ4n) is 2.61. The van der Waals surface area contributed by atoms with E-state index in [1.54, 1.807) is 23.1 Å². The van der Waals surface area contributed by atoms with Gasteiger partial charge >= 0.3 is 0 Å². The van der Waals surface area contributed by atoms with E-state index in [4.69, 9.17) is 17.3 Å². The van der Waals surface area contributed by atoms with E-state index >= 15 is 0 Å². The molecule has 24 heavy (non-hydrogen) atoms. The molecule has 4 nitrogen and oxygen atoms in total. The molecule has 0 aliphatic carbocycles. The summed E-state index contributed by atoms with van der Waals surface area (Å²) in [5.41, 5.74) is 7.56. The SMILES string of the molecule is CCN(C(=O)c1cc(F)ccc1-c1cc(Cl)cc(CN)n1)C(C)C. The molecule has 0 bridgehead atoms. The lowest BCUT2D eigenvalue weighted by molar-refractivity contribution is 0.0717. The Hall–Kier alpha value is -1.98. The van der Waals surface area contributed by atoms with Crippen LogP contribution in [0.4, 0.5) is 4.39 Å². The zero-order chi connectivity index (χ0) is 17.9. The minimum absolute atomic E-state index is 0.00513. The summed E-state index contributed by atoms with van der Waals surface area (Å²) in [7, 11) is 0. The number of benzene rings is 1. The van der Waals surface area contributed by atoms with Crippen LogP contribution in [0.3, 0.4) is 0 Å². The Morgan fingerprint density at radius 2 is 2.04 bits per heavy atom. The Morgan fingerprint density at radius 3 is 2.62 bits per heavy atom. The Balaban J connectivity index is 2.60. The van der Waals surface area contributed by atoms with Crippen molar-refractivity contribution in [2.24, 2.45) is 5.73 Å². The number of amides is 1. The molecule has 1 amide bonds. The largest absolute Gasteiger partial charge is 0.336 e. The van der Waals surface area contributed by atoms with E-state index in [1.807, 2.05) is 20.8 Å². The van der Waals surface area contributed by atoms with E-state index in [-0.39, 0.29) is 24.1 Å². The monoisotopic (exact) mass is 349 g/mol. The number of hydrogen-bond acceptors (Lipinski definition) is 3. The van der Waals surface area contributed by atoms with E-state index < -0.39 is 5.82 Å². The van der Waals surface area contributed by atoms with Crippen LogP contribution >= 0.6 is 11.6 Å². The molecule has 0 unspecified atom stereocenters. The van der Waals surface area contributed by atoms with Crippen LogP contribution in [0, 0.1) is 5.82 Å². The Kier molecular flexibility index (Phi) is 5.91. The van der Waals surface area contributed by atoms with Gasteiger partial charge in [-0.15, -0.1) is 0 Å². The first-order valence-electron chi connectivity index (χ1n) is 7.84. The van der Waals surface area contributed by atoms with E-state index in [9.17, 15) is 9.18 Å². The average Bonchev–Trinajstić information content (AvgIpc) is 2.54. The highest BCUT2D eigenvalue weighted by Crippen LogP contribution is 2.27. The number of pyridine rings is 1. The predicted octanol–water partition coefficient (Wildman–Crippen LogP) is 3.87. The van der Waals surface area contributed by atoms with Gasteiger partial charge in [0.05, 0.1) is 17.0 Å². The minimum Gasteiger partial charge on any atom is -0.336 e. The van der Waals surface area contributed by atoms with Crippen molar-refractivity contribution in [3.63, 3.8) is 0 Å². The van der Waals surface area contributed by atoms with Crippen molar-refractivity contribution in [1.82, 2.24) is 9.88 Å². The van der Waals surface area contributed by atoms with Crippen molar-refractivity contribution in [2.45, 2.75) is 33.4 Å². The van der Waals surface area contributed by atoms with Gasteiger partial charge in [-0.1, -0.05) is 11.6 Å². The molecule has 0 saturated heterocycles. The van der Waals surface area contributed by atoms with Gasteiger partial charge in [-0.05, 0) is 51.1 Å². The van der Waals surface area contributed by atoms with E-state index in [0.29, 0.717) is 28.5 Å². The number of halogens is 2. The number of nitrogens with two attached hydrogens (primary N) is 1. The molecule has 0 fully saturated rings. The predicted molar refractivity (Wildman–Crippen MR) is 94.4 cm³/mol. The standard InChI is InChI=1S/C18H21ClFN3O/c1-4-23(11(2)3)18(24)16-9-13(20)5-6-15(16)17-8-12(19)7-14(10-21)22-17/h5-9,11H,4,10,21H2,1-3H3. The number of carbonyl (C=O) groups excluding carboxylic acids is 1. The van der Waals surface area contributed by atoms with Crippen LogP contribution in [-0.4, -0.2) is 28.4 Å². The molecule has 2 aromatic rings. The third-order valence-corrected chi connectivity index (χ3v) is 3.98. The van der Waals surface area contributed by atoms with Gasteiger partial charge in [0.25, 0.3) is 5.91 Å². The second kappa shape index (κ2) is 7.73. The fourth-order valence-corrected chi connectivity index (χ4v) is 2.84. The summed E-state index contributed by atoms with van der Waals surface area (Å²) in [6.07, 6.45) is 0. The normalized spacial score (nSPS) is 11.0. The van der Waals surface area contributed by atoms with Crippen molar-refractivity contribution >= 4 is 17.5 Å². The summed E-state index contributed by atoms with van der Waals surface area (Å²) in [6, 6.07) is 7.43. The molecule has 128 valence electrons. The highest BCUT2D eigenvalue weighted by atomic mass is 35.5. The lowest BCUT2D eigenvalue weighted by Crippen LogP contribution is -2.37. The minimum atomic E-state index is -0.469. The molecular weight excluding hydrogens is 329 g/mol. The van der Waals surface area contributed by atoms with Crippen LogP contribution in [0.5, 0.6) is 0 Å². The first kappa shape index (κ1) is 18.4. The van der Waals surface area contributed by atoms with Crippen molar-refractivity contribution in [3.05, 3.63) is 52.4 Å². The summed E-state index contributed by atoms with van der Waals surface area (Å²) < 4.78 is 13.8. The third kappa shape index (κ3) is 3.91. The number of carbonyl (C=O) groups is 1. The molecule has 0 aliphatic heterocycles. The lowest BCUT2D eigenvalue weighted by atomic mass is 10.0. The second-order valence-corrected chi connectivity index (χ2v) is 6.18. The van der Waals surface area contributed by atoms with Crippen LogP contribution < -0.4 is 5.73 Å². The molecule has 0 atom stereocenters. The Bertz CT molecular complexity index is 749. The smallest absolute Gasteiger partial charge is 0.254 e.